The van der Waals surface area contributed by atoms with Crippen LogP contribution in [-0.4, -0.2) is 29.1 Å². The summed E-state index contributed by atoms with van der Waals surface area (Å²) in [5, 5.41) is 12.7. The van der Waals surface area contributed by atoms with Crippen molar-refractivity contribution in [2.45, 2.75) is 19.4 Å². The van der Waals surface area contributed by atoms with E-state index in [1.165, 1.54) is 11.3 Å². The Hall–Kier alpha value is -1.79. The van der Waals surface area contributed by atoms with Gasteiger partial charge in [0.2, 0.25) is 0 Å². The molecule has 1 aromatic heterocycles. The number of halogens is 1. The summed E-state index contributed by atoms with van der Waals surface area (Å²) in [4.78, 5) is 18.7. The third-order valence-corrected chi connectivity index (χ3v) is 4.78. The van der Waals surface area contributed by atoms with Gasteiger partial charge in [-0.2, -0.15) is 0 Å². The molecule has 0 unspecified atom stereocenters. The molecular formula is C15H16ClN3O2S. The van der Waals surface area contributed by atoms with E-state index in [4.69, 9.17) is 11.6 Å². The standard InChI is InChI=1S/C15H16ClN3O2S/c16-15-18-9-11(22-15)8-17-10-3-4-13(12(7-10)14(20)21)19-5-1-2-6-19/h3-4,7,9,17H,1-2,5-6,8H2,(H,20,21). The van der Waals surface area contributed by atoms with Crippen molar-refractivity contribution in [3.63, 3.8) is 0 Å². The molecule has 1 fully saturated rings. The van der Waals surface area contributed by atoms with Gasteiger partial charge >= 0.3 is 5.97 Å². The van der Waals surface area contributed by atoms with Crippen LogP contribution in [0.4, 0.5) is 11.4 Å². The summed E-state index contributed by atoms with van der Waals surface area (Å²) in [6, 6.07) is 5.50. The first-order valence-electron chi connectivity index (χ1n) is 7.10. The van der Waals surface area contributed by atoms with Crippen LogP contribution in [0.3, 0.4) is 0 Å². The number of nitrogens with one attached hydrogen (secondary N) is 1. The molecule has 116 valence electrons. The predicted molar refractivity (Wildman–Crippen MR) is 89.3 cm³/mol. The summed E-state index contributed by atoms with van der Waals surface area (Å²) in [6.45, 7) is 2.42. The normalized spacial score (nSPS) is 14.3. The Morgan fingerprint density at radius 1 is 1.41 bits per heavy atom. The number of hydrogen-bond donors (Lipinski definition) is 2. The fourth-order valence-corrected chi connectivity index (χ4v) is 3.52. The van der Waals surface area contributed by atoms with E-state index in [0.717, 1.165) is 42.2 Å². The lowest BCUT2D eigenvalue weighted by molar-refractivity contribution is 0.0697. The van der Waals surface area contributed by atoms with Crippen molar-refractivity contribution in [2.24, 2.45) is 0 Å². The smallest absolute Gasteiger partial charge is 0.337 e. The minimum Gasteiger partial charge on any atom is -0.478 e. The zero-order chi connectivity index (χ0) is 15.5. The quantitative estimate of drug-likeness (QED) is 0.870. The van der Waals surface area contributed by atoms with Crippen molar-refractivity contribution < 1.29 is 9.90 Å². The van der Waals surface area contributed by atoms with Crippen molar-refractivity contribution in [3.8, 4) is 0 Å². The highest BCUT2D eigenvalue weighted by molar-refractivity contribution is 7.15. The third-order valence-electron chi connectivity index (χ3n) is 3.67. The maximum atomic E-state index is 11.5. The number of hydrogen-bond acceptors (Lipinski definition) is 5. The lowest BCUT2D eigenvalue weighted by Gasteiger charge is -2.20. The molecule has 0 amide bonds. The molecule has 0 spiro atoms. The van der Waals surface area contributed by atoms with Crippen LogP contribution in [-0.2, 0) is 6.54 Å². The Labute approximate surface area is 137 Å². The zero-order valence-electron chi connectivity index (χ0n) is 11.9. The number of aromatic carboxylic acids is 1. The average molecular weight is 338 g/mol. The first-order valence-corrected chi connectivity index (χ1v) is 8.29. The number of nitrogens with zero attached hydrogens (tertiary/aromatic N) is 2. The van der Waals surface area contributed by atoms with Gasteiger partial charge in [-0.1, -0.05) is 11.6 Å². The monoisotopic (exact) mass is 337 g/mol. The molecule has 0 atom stereocenters. The number of rotatable bonds is 5. The maximum Gasteiger partial charge on any atom is 0.337 e. The number of carboxylic acids is 1. The Morgan fingerprint density at radius 2 is 2.18 bits per heavy atom. The van der Waals surface area contributed by atoms with Crippen molar-refractivity contribution in [3.05, 3.63) is 39.3 Å². The van der Waals surface area contributed by atoms with Gasteiger partial charge in [0.15, 0.2) is 4.47 Å². The zero-order valence-corrected chi connectivity index (χ0v) is 13.5. The molecule has 7 heteroatoms. The molecule has 0 radical (unpaired) electrons. The van der Waals surface area contributed by atoms with Crippen molar-refractivity contribution >= 4 is 40.3 Å². The number of carbonyl (C=O) groups is 1. The molecule has 1 aromatic carbocycles. The van der Waals surface area contributed by atoms with Gasteiger partial charge in [0.25, 0.3) is 0 Å². The van der Waals surface area contributed by atoms with E-state index in [1.807, 2.05) is 12.1 Å². The molecule has 2 N–H and O–H groups in total. The molecule has 1 aliphatic rings. The molecule has 2 aromatic rings. The van der Waals surface area contributed by atoms with Gasteiger partial charge < -0.3 is 15.3 Å². The number of aromatic nitrogens is 1. The third kappa shape index (κ3) is 3.34. The first-order chi connectivity index (χ1) is 10.6. The van der Waals surface area contributed by atoms with Gasteiger partial charge in [0.05, 0.1) is 17.8 Å². The second-order valence-corrected chi connectivity index (χ2v) is 6.86. The van der Waals surface area contributed by atoms with Crippen molar-refractivity contribution in [2.75, 3.05) is 23.3 Å². The van der Waals surface area contributed by atoms with Crippen LogP contribution >= 0.6 is 22.9 Å². The molecule has 22 heavy (non-hydrogen) atoms. The van der Waals surface area contributed by atoms with E-state index in [2.05, 4.69) is 15.2 Å². The molecule has 5 nitrogen and oxygen atoms in total. The highest BCUT2D eigenvalue weighted by Gasteiger charge is 2.19. The Bertz CT molecular complexity index is 683. The van der Waals surface area contributed by atoms with Gasteiger partial charge in [-0.25, -0.2) is 9.78 Å². The summed E-state index contributed by atoms with van der Waals surface area (Å²) in [5.41, 5.74) is 1.93. The Balaban J connectivity index is 1.77. The van der Waals surface area contributed by atoms with Crippen LogP contribution in [0, 0.1) is 0 Å². The van der Waals surface area contributed by atoms with E-state index in [9.17, 15) is 9.90 Å². The van der Waals surface area contributed by atoms with Crippen LogP contribution in [0.25, 0.3) is 0 Å². The van der Waals surface area contributed by atoms with E-state index in [1.54, 1.807) is 12.3 Å². The highest BCUT2D eigenvalue weighted by Crippen LogP contribution is 2.28. The van der Waals surface area contributed by atoms with E-state index in [-0.39, 0.29) is 0 Å². The summed E-state index contributed by atoms with van der Waals surface area (Å²) >= 11 is 7.21. The Morgan fingerprint density at radius 3 is 2.82 bits per heavy atom. The second kappa shape index (κ2) is 6.54. The molecule has 0 bridgehead atoms. The van der Waals surface area contributed by atoms with E-state index >= 15 is 0 Å². The van der Waals surface area contributed by atoms with Gasteiger partial charge in [-0.3, -0.25) is 0 Å². The molecule has 0 aliphatic carbocycles. The molecule has 1 aliphatic heterocycles. The topological polar surface area (TPSA) is 65.5 Å². The fraction of sp³-hybridized carbons (Fsp3) is 0.333. The van der Waals surface area contributed by atoms with Gasteiger partial charge in [0.1, 0.15) is 0 Å². The average Bonchev–Trinajstić information content (AvgIpc) is 3.16. The highest BCUT2D eigenvalue weighted by atomic mass is 35.5. The first kappa shape index (κ1) is 15.1. The van der Waals surface area contributed by atoms with Crippen LogP contribution in [0.1, 0.15) is 28.1 Å². The summed E-state index contributed by atoms with van der Waals surface area (Å²) in [7, 11) is 0. The van der Waals surface area contributed by atoms with Crippen molar-refractivity contribution in [1.82, 2.24) is 4.98 Å². The van der Waals surface area contributed by atoms with Crippen LogP contribution in [0.15, 0.2) is 24.4 Å². The minimum absolute atomic E-state index is 0.342. The van der Waals surface area contributed by atoms with E-state index < -0.39 is 5.97 Å². The number of carboxylic acid groups (broad SMARTS) is 1. The molecular weight excluding hydrogens is 322 g/mol. The number of thiazole rings is 1. The van der Waals surface area contributed by atoms with E-state index in [0.29, 0.717) is 16.6 Å². The maximum absolute atomic E-state index is 11.5. The largest absolute Gasteiger partial charge is 0.478 e. The van der Waals surface area contributed by atoms with Crippen molar-refractivity contribution in [1.29, 1.82) is 0 Å². The minimum atomic E-state index is -0.897. The van der Waals surface area contributed by atoms with Crippen LogP contribution in [0.2, 0.25) is 4.47 Å². The van der Waals surface area contributed by atoms with Gasteiger partial charge in [-0.15, -0.1) is 11.3 Å². The molecule has 1 saturated heterocycles. The summed E-state index contributed by atoms with van der Waals surface area (Å²) in [5.74, 6) is -0.897. The number of anilines is 2. The second-order valence-electron chi connectivity index (χ2n) is 5.16. The molecule has 0 saturated carbocycles. The van der Waals surface area contributed by atoms with Crippen LogP contribution < -0.4 is 10.2 Å². The molecule has 3 rings (SSSR count). The predicted octanol–water partition coefficient (Wildman–Crippen LogP) is 3.71. The van der Waals surface area contributed by atoms with Gasteiger partial charge in [-0.05, 0) is 31.0 Å². The SMILES string of the molecule is O=C(O)c1cc(NCc2cnc(Cl)s2)ccc1N1CCCC1. The summed E-state index contributed by atoms with van der Waals surface area (Å²) in [6.07, 6.45) is 3.95. The lowest BCUT2D eigenvalue weighted by Crippen LogP contribution is -2.20. The Kier molecular flexibility index (Phi) is 4.49. The lowest BCUT2D eigenvalue weighted by atomic mass is 10.1. The fourth-order valence-electron chi connectivity index (χ4n) is 2.61. The number of benzene rings is 1. The molecule has 2 heterocycles. The van der Waals surface area contributed by atoms with Crippen LogP contribution in [0.5, 0.6) is 0 Å². The van der Waals surface area contributed by atoms with Gasteiger partial charge in [0, 0.05) is 29.9 Å². The summed E-state index contributed by atoms with van der Waals surface area (Å²) < 4.78 is 0.507.